The van der Waals surface area contributed by atoms with Crippen LogP contribution in [-0.2, 0) is 27.5 Å². The van der Waals surface area contributed by atoms with Crippen LogP contribution in [0.15, 0.2) is 42.0 Å². The van der Waals surface area contributed by atoms with Gasteiger partial charge in [-0.05, 0) is 64.1 Å². The Morgan fingerprint density at radius 2 is 1.88 bits per heavy atom. The van der Waals surface area contributed by atoms with Crippen molar-refractivity contribution in [2.24, 2.45) is 0 Å². The summed E-state index contributed by atoms with van der Waals surface area (Å²) >= 11 is 14.3. The number of carbonyl (C=O) groups excluding carboxylic acids is 2. The third-order valence-electron chi connectivity index (χ3n) is 6.27. The van der Waals surface area contributed by atoms with Gasteiger partial charge >= 0.3 is 0 Å². The van der Waals surface area contributed by atoms with Crippen LogP contribution >= 0.6 is 45.8 Å². The lowest BCUT2D eigenvalue weighted by molar-refractivity contribution is -0.143. The molecule has 13 heteroatoms. The Morgan fingerprint density at radius 1 is 1.12 bits per heavy atom. The summed E-state index contributed by atoms with van der Waals surface area (Å²) < 4.78 is 17.4. The van der Waals surface area contributed by atoms with Gasteiger partial charge in [-0.15, -0.1) is 0 Å². The van der Waals surface area contributed by atoms with E-state index in [1.54, 1.807) is 30.3 Å². The SMILES string of the molecule is COCC(=O)N(Cc1ccc(Cl)c(Cl)c1)C1CC(C(=O)NCCO)=CC(Oc2c(I)cc(CO)cc2OC)C1O. The van der Waals surface area contributed by atoms with Crippen LogP contribution < -0.4 is 14.8 Å². The molecule has 0 aliphatic heterocycles. The Bertz CT molecular complexity index is 1250. The topological polar surface area (TPSA) is 138 Å². The summed E-state index contributed by atoms with van der Waals surface area (Å²) in [5.41, 5.74) is 1.52. The minimum atomic E-state index is -1.27. The standard InChI is InChI=1S/C27H31Cl2IN2O8/c1-38-14-24(35)32(12-15-3-4-18(28)19(29)7-15)21-10-17(27(37)31-5-6-33)11-22(25(21)36)40-26-20(30)8-16(13-34)9-23(26)39-2/h3-4,7-9,11,21-22,25,33-34,36H,5-6,10,12-14H2,1-2H3,(H,31,37). The predicted octanol–water partition coefficient (Wildman–Crippen LogP) is 2.69. The first-order valence-electron chi connectivity index (χ1n) is 12.3. The molecule has 10 nitrogen and oxygen atoms in total. The van der Waals surface area contributed by atoms with Crippen LogP contribution in [0.3, 0.4) is 0 Å². The van der Waals surface area contributed by atoms with E-state index in [4.69, 9.17) is 37.4 Å². The number of benzene rings is 2. The molecule has 0 fully saturated rings. The maximum absolute atomic E-state index is 13.3. The zero-order valence-electron chi connectivity index (χ0n) is 21.9. The maximum Gasteiger partial charge on any atom is 0.249 e. The van der Waals surface area contributed by atoms with Gasteiger partial charge in [0, 0.05) is 32.2 Å². The van der Waals surface area contributed by atoms with Crippen LogP contribution in [0.25, 0.3) is 0 Å². The Kier molecular flexibility index (Phi) is 12.3. The molecule has 4 N–H and O–H groups in total. The number of methoxy groups -OCH3 is 2. The molecule has 2 aromatic rings. The molecule has 1 aliphatic carbocycles. The van der Waals surface area contributed by atoms with E-state index < -0.39 is 30.1 Å². The molecule has 0 saturated heterocycles. The summed E-state index contributed by atoms with van der Waals surface area (Å²) in [7, 11) is 2.84. The van der Waals surface area contributed by atoms with Crippen LogP contribution in [0.1, 0.15) is 17.5 Å². The average molecular weight is 709 g/mol. The summed E-state index contributed by atoms with van der Waals surface area (Å²) in [6, 6.07) is 7.37. The largest absolute Gasteiger partial charge is 0.493 e. The van der Waals surface area contributed by atoms with E-state index in [0.717, 1.165) is 0 Å². The second-order valence-electron chi connectivity index (χ2n) is 8.99. The first kappa shape index (κ1) is 32.4. The highest BCUT2D eigenvalue weighted by Gasteiger charge is 2.41. The van der Waals surface area contributed by atoms with E-state index in [1.807, 2.05) is 22.6 Å². The molecule has 0 spiro atoms. The lowest BCUT2D eigenvalue weighted by atomic mass is 9.87. The van der Waals surface area contributed by atoms with Gasteiger partial charge in [0.25, 0.3) is 0 Å². The smallest absolute Gasteiger partial charge is 0.249 e. The fourth-order valence-electron chi connectivity index (χ4n) is 4.33. The number of nitrogens with one attached hydrogen (secondary N) is 1. The number of halogens is 3. The summed E-state index contributed by atoms with van der Waals surface area (Å²) in [5.74, 6) is -0.262. The number of carbonyl (C=O) groups is 2. The van der Waals surface area contributed by atoms with Crippen molar-refractivity contribution in [3.63, 3.8) is 0 Å². The van der Waals surface area contributed by atoms with E-state index in [-0.39, 0.29) is 44.9 Å². The molecular weight excluding hydrogens is 678 g/mol. The van der Waals surface area contributed by atoms with Crippen LogP contribution in [0.4, 0.5) is 0 Å². The lowest BCUT2D eigenvalue weighted by Crippen LogP contribution is -2.55. The van der Waals surface area contributed by atoms with Crippen LogP contribution in [0.2, 0.25) is 10.0 Å². The van der Waals surface area contributed by atoms with E-state index in [0.29, 0.717) is 36.2 Å². The molecule has 3 unspecified atom stereocenters. The van der Waals surface area contributed by atoms with Crippen molar-refractivity contribution in [1.29, 1.82) is 0 Å². The number of rotatable bonds is 12. The Labute approximate surface area is 255 Å². The van der Waals surface area contributed by atoms with Crippen LogP contribution in [0.5, 0.6) is 11.5 Å². The second-order valence-corrected chi connectivity index (χ2v) is 11.0. The molecule has 0 heterocycles. The van der Waals surface area contributed by atoms with Gasteiger partial charge in [0.1, 0.15) is 18.8 Å². The molecule has 3 rings (SSSR count). The van der Waals surface area contributed by atoms with Gasteiger partial charge < -0.3 is 39.7 Å². The molecule has 1 aliphatic rings. The van der Waals surface area contributed by atoms with Crippen molar-refractivity contribution >= 4 is 57.6 Å². The molecule has 0 aromatic heterocycles. The van der Waals surface area contributed by atoms with Gasteiger partial charge in [-0.25, -0.2) is 0 Å². The van der Waals surface area contributed by atoms with Crippen molar-refractivity contribution in [2.75, 3.05) is 34.0 Å². The minimum absolute atomic E-state index is 0.00669. The highest BCUT2D eigenvalue weighted by molar-refractivity contribution is 14.1. The molecule has 0 bridgehead atoms. The summed E-state index contributed by atoms with van der Waals surface area (Å²) in [6.45, 7) is -0.654. The fourth-order valence-corrected chi connectivity index (χ4v) is 5.44. The third kappa shape index (κ3) is 7.99. The van der Waals surface area contributed by atoms with Gasteiger partial charge in [-0.3, -0.25) is 9.59 Å². The van der Waals surface area contributed by atoms with E-state index in [9.17, 15) is 24.9 Å². The molecule has 2 aromatic carbocycles. The van der Waals surface area contributed by atoms with Crippen LogP contribution in [0, 0.1) is 3.57 Å². The van der Waals surface area contributed by atoms with Crippen molar-refractivity contribution in [1.82, 2.24) is 10.2 Å². The van der Waals surface area contributed by atoms with Gasteiger partial charge in [0.05, 0.1) is 40.0 Å². The average Bonchev–Trinajstić information content (AvgIpc) is 2.94. The summed E-state index contributed by atoms with van der Waals surface area (Å²) in [5, 5.41) is 33.6. The Hall–Kier alpha value is -2.13. The number of hydrogen-bond donors (Lipinski definition) is 4. The molecule has 0 radical (unpaired) electrons. The van der Waals surface area contributed by atoms with E-state index >= 15 is 0 Å². The van der Waals surface area contributed by atoms with Crippen molar-refractivity contribution in [2.45, 2.75) is 37.8 Å². The van der Waals surface area contributed by atoms with Gasteiger partial charge in [0.15, 0.2) is 11.5 Å². The van der Waals surface area contributed by atoms with Crippen LogP contribution in [-0.4, -0.2) is 84.3 Å². The quantitative estimate of drug-likeness (QED) is 0.247. The molecule has 218 valence electrons. The zero-order valence-corrected chi connectivity index (χ0v) is 25.6. The minimum Gasteiger partial charge on any atom is -0.493 e. The fraction of sp³-hybridized carbons (Fsp3) is 0.407. The number of aliphatic hydroxyl groups excluding tert-OH is 3. The number of aliphatic hydroxyl groups is 3. The summed E-state index contributed by atoms with van der Waals surface area (Å²) in [4.78, 5) is 27.7. The molecule has 2 amide bonds. The molecule has 40 heavy (non-hydrogen) atoms. The van der Waals surface area contributed by atoms with Gasteiger partial charge in [-0.2, -0.15) is 0 Å². The third-order valence-corrected chi connectivity index (χ3v) is 7.81. The van der Waals surface area contributed by atoms with Gasteiger partial charge in [0.2, 0.25) is 11.8 Å². The first-order valence-corrected chi connectivity index (χ1v) is 14.1. The monoisotopic (exact) mass is 708 g/mol. The zero-order chi connectivity index (χ0) is 29.4. The Balaban J connectivity index is 2.04. The first-order chi connectivity index (χ1) is 19.1. The Morgan fingerprint density at radius 3 is 2.50 bits per heavy atom. The second kappa shape index (κ2) is 15.2. The number of nitrogens with zero attached hydrogens (tertiary/aromatic N) is 1. The normalized spacial score (nSPS) is 18.6. The van der Waals surface area contributed by atoms with Crippen molar-refractivity contribution in [3.8, 4) is 11.5 Å². The summed E-state index contributed by atoms with van der Waals surface area (Å²) in [6.07, 6.45) is -0.826. The number of hydrogen-bond acceptors (Lipinski definition) is 8. The lowest BCUT2D eigenvalue weighted by Gasteiger charge is -2.40. The van der Waals surface area contributed by atoms with Crippen molar-refractivity contribution < 1.29 is 39.1 Å². The van der Waals surface area contributed by atoms with Gasteiger partial charge in [-0.1, -0.05) is 29.3 Å². The van der Waals surface area contributed by atoms with E-state index in [1.165, 1.54) is 25.2 Å². The number of ether oxygens (including phenoxy) is 3. The molecule has 3 atom stereocenters. The van der Waals surface area contributed by atoms with Crippen molar-refractivity contribution in [3.05, 3.63) is 66.7 Å². The highest BCUT2D eigenvalue weighted by Crippen LogP contribution is 2.37. The van der Waals surface area contributed by atoms with E-state index in [2.05, 4.69) is 5.32 Å². The molecular formula is C27H31Cl2IN2O8. The number of amides is 2. The predicted molar refractivity (Wildman–Crippen MR) is 158 cm³/mol. The highest BCUT2D eigenvalue weighted by atomic mass is 127. The maximum atomic E-state index is 13.3. The molecule has 0 saturated carbocycles.